The van der Waals surface area contributed by atoms with Crippen LogP contribution in [0.1, 0.15) is 32.8 Å². The first-order chi connectivity index (χ1) is 20.2. The van der Waals surface area contributed by atoms with Crippen LogP contribution < -0.4 is 10.6 Å². The lowest BCUT2D eigenvalue weighted by Gasteiger charge is -2.24. The number of hydrogen-bond acceptors (Lipinski definition) is 12. The predicted octanol–water partition coefficient (Wildman–Crippen LogP) is 1.83. The third kappa shape index (κ3) is 5.63. The van der Waals surface area contributed by atoms with E-state index in [2.05, 4.69) is 20.5 Å². The van der Waals surface area contributed by atoms with Crippen molar-refractivity contribution in [2.24, 2.45) is 11.7 Å². The number of nitrogens with two attached hydrogens (primary N) is 1. The number of pyridine rings is 1. The van der Waals surface area contributed by atoms with E-state index in [0.717, 1.165) is 21.6 Å². The van der Waals surface area contributed by atoms with Gasteiger partial charge in [0.25, 0.3) is 0 Å². The molecular weight excluding hydrogens is 548 g/mol. The van der Waals surface area contributed by atoms with Gasteiger partial charge in [0, 0.05) is 18.7 Å². The maximum absolute atomic E-state index is 12.8. The van der Waals surface area contributed by atoms with Crippen LogP contribution in [0.25, 0.3) is 16.9 Å². The van der Waals surface area contributed by atoms with E-state index in [1.54, 1.807) is 19.2 Å². The highest BCUT2D eigenvalue weighted by molar-refractivity contribution is 5.95. The maximum Gasteiger partial charge on any atom is 0.419 e. The van der Waals surface area contributed by atoms with Crippen LogP contribution in [0.3, 0.4) is 0 Å². The molecule has 3 aromatic rings. The van der Waals surface area contributed by atoms with Gasteiger partial charge >= 0.3 is 18.2 Å². The van der Waals surface area contributed by atoms with Gasteiger partial charge in [-0.2, -0.15) is 4.68 Å². The molecular formula is C27H30N8O7. The van der Waals surface area contributed by atoms with E-state index in [1.165, 1.54) is 22.8 Å². The van der Waals surface area contributed by atoms with E-state index in [-0.39, 0.29) is 12.5 Å². The van der Waals surface area contributed by atoms with E-state index in [4.69, 9.17) is 19.9 Å². The number of esters is 1. The molecule has 5 rings (SSSR count). The highest BCUT2D eigenvalue weighted by Crippen LogP contribution is 2.40. The summed E-state index contributed by atoms with van der Waals surface area (Å²) in [5.41, 5.74) is 9.18. The highest BCUT2D eigenvalue weighted by Gasteiger charge is 2.48. The minimum atomic E-state index is -1.03. The van der Waals surface area contributed by atoms with Crippen molar-refractivity contribution < 1.29 is 33.4 Å². The summed E-state index contributed by atoms with van der Waals surface area (Å²) in [6.45, 7) is 3.94. The number of nitrogens with zero attached hydrogens (tertiary/aromatic N) is 7. The van der Waals surface area contributed by atoms with Gasteiger partial charge in [-0.15, -0.1) is 5.10 Å². The van der Waals surface area contributed by atoms with Gasteiger partial charge in [-0.05, 0) is 58.2 Å². The van der Waals surface area contributed by atoms with Crippen LogP contribution in [0, 0.1) is 5.92 Å². The number of ether oxygens (including phenoxy) is 3. The van der Waals surface area contributed by atoms with Crippen molar-refractivity contribution in [3.8, 4) is 16.9 Å². The molecule has 1 fully saturated rings. The molecule has 1 aromatic carbocycles. The quantitative estimate of drug-likeness (QED) is 0.287. The molecule has 2 aliphatic rings. The smallest absolute Gasteiger partial charge is 0.419 e. The maximum atomic E-state index is 12.8. The first-order valence-corrected chi connectivity index (χ1v) is 13.4. The van der Waals surface area contributed by atoms with Crippen molar-refractivity contribution in [3.63, 3.8) is 0 Å². The normalized spacial score (nSPS) is 18.5. The molecule has 0 spiro atoms. The van der Waals surface area contributed by atoms with Crippen molar-refractivity contribution in [1.29, 1.82) is 0 Å². The summed E-state index contributed by atoms with van der Waals surface area (Å²) in [4.78, 5) is 56.7. The number of hydrogen-bond donors (Lipinski definition) is 1. The second-order valence-corrected chi connectivity index (χ2v) is 10.1. The summed E-state index contributed by atoms with van der Waals surface area (Å²) < 4.78 is 16.9. The third-order valence-corrected chi connectivity index (χ3v) is 7.52. The first kappa shape index (κ1) is 28.6. The summed E-state index contributed by atoms with van der Waals surface area (Å²) in [5, 5.41) is 11.0. The molecule has 3 amide bonds. The van der Waals surface area contributed by atoms with Crippen molar-refractivity contribution >= 4 is 29.8 Å². The summed E-state index contributed by atoms with van der Waals surface area (Å²) in [6.07, 6.45) is 1.87. The zero-order chi connectivity index (χ0) is 30.0. The number of amides is 3. The van der Waals surface area contributed by atoms with Crippen LogP contribution in [-0.2, 0) is 30.2 Å². The average molecular weight is 579 g/mol. The lowest BCUT2D eigenvalue weighted by atomic mass is 10.0. The zero-order valence-corrected chi connectivity index (χ0v) is 23.2. The van der Waals surface area contributed by atoms with Crippen LogP contribution >= 0.6 is 0 Å². The fourth-order valence-electron chi connectivity index (χ4n) is 4.88. The van der Waals surface area contributed by atoms with Gasteiger partial charge < -0.3 is 19.9 Å². The van der Waals surface area contributed by atoms with E-state index >= 15 is 0 Å². The molecule has 0 radical (unpaired) electrons. The number of anilines is 1. The summed E-state index contributed by atoms with van der Waals surface area (Å²) >= 11 is 0. The lowest BCUT2D eigenvalue weighted by Crippen LogP contribution is -2.46. The molecule has 0 bridgehead atoms. The summed E-state index contributed by atoms with van der Waals surface area (Å²) in [6, 6.07) is 8.07. The molecule has 15 heteroatoms. The van der Waals surface area contributed by atoms with Crippen LogP contribution in [-0.4, -0.2) is 85.7 Å². The Morgan fingerprint density at radius 3 is 2.64 bits per heavy atom. The number of aromatic nitrogens is 5. The van der Waals surface area contributed by atoms with Crippen LogP contribution in [0.4, 0.5) is 15.3 Å². The molecule has 4 atom stereocenters. The van der Waals surface area contributed by atoms with Crippen LogP contribution in [0.2, 0.25) is 0 Å². The zero-order valence-electron chi connectivity index (χ0n) is 23.2. The summed E-state index contributed by atoms with van der Waals surface area (Å²) in [5.74, 6) is -0.881. The Bertz CT molecular complexity index is 1480. The molecule has 220 valence electrons. The second kappa shape index (κ2) is 11.9. The Morgan fingerprint density at radius 2 is 1.98 bits per heavy atom. The van der Waals surface area contributed by atoms with Gasteiger partial charge in [0.1, 0.15) is 18.5 Å². The molecule has 0 aliphatic carbocycles. The van der Waals surface area contributed by atoms with E-state index in [9.17, 15) is 19.2 Å². The molecule has 1 saturated heterocycles. The molecule has 0 saturated carbocycles. The number of carbonyl (C=O) groups excluding carboxylic acids is 4. The predicted molar refractivity (Wildman–Crippen MR) is 145 cm³/mol. The number of imide groups is 1. The standard InChI is InChI=1S/C27H30N8O7/c1-4-15(2)24(28)25(37)40-14-41-26(38)33(16(3)36)12-22-21-10-19-9-17(5-7-20(19)35(21)27(39)42-22)18-6-8-23(29-11-18)34-13-30-31-32-34/h5-9,11,13,15,21-22,24H,4,10,12,14,28H2,1-3H3/t15-,21-,22-,24+/m0/s1. The molecule has 2 N–H and O–H groups in total. The van der Waals surface area contributed by atoms with Crippen LogP contribution in [0.5, 0.6) is 0 Å². The van der Waals surface area contributed by atoms with Crippen LogP contribution in [0.15, 0.2) is 42.9 Å². The Balaban J connectivity index is 1.23. The van der Waals surface area contributed by atoms with Gasteiger partial charge in [0.05, 0.1) is 18.3 Å². The Kier molecular flexibility index (Phi) is 8.10. The van der Waals surface area contributed by atoms with Gasteiger partial charge in [0.2, 0.25) is 12.7 Å². The number of rotatable bonds is 9. The van der Waals surface area contributed by atoms with E-state index < -0.39 is 49.0 Å². The van der Waals surface area contributed by atoms with Gasteiger partial charge in [0.15, 0.2) is 5.82 Å². The lowest BCUT2D eigenvalue weighted by molar-refractivity contribution is -0.155. The fourth-order valence-corrected chi connectivity index (χ4v) is 4.88. The molecule has 15 nitrogen and oxygen atoms in total. The first-order valence-electron chi connectivity index (χ1n) is 13.4. The topological polar surface area (TPSA) is 185 Å². The third-order valence-electron chi connectivity index (χ3n) is 7.52. The SMILES string of the molecule is CC[C@H](C)[C@@H](N)C(=O)OCOC(=O)N(C[C@@H]1OC(=O)N2c3ccc(-c4ccc(-n5cnnn5)nc4)cc3C[C@@H]12)C(C)=O. The number of fused-ring (bicyclic) bond motifs is 3. The van der Waals surface area contributed by atoms with Gasteiger partial charge in [-0.25, -0.2) is 19.5 Å². The number of carbonyl (C=O) groups is 4. The van der Waals surface area contributed by atoms with Crippen molar-refractivity contribution in [2.45, 2.75) is 51.8 Å². The second-order valence-electron chi connectivity index (χ2n) is 10.1. The fraction of sp³-hybridized carbons (Fsp3) is 0.407. The van der Waals surface area contributed by atoms with Crippen molar-refractivity contribution in [1.82, 2.24) is 30.1 Å². The molecule has 4 heterocycles. The molecule has 2 aliphatic heterocycles. The van der Waals surface area contributed by atoms with E-state index in [0.29, 0.717) is 24.3 Å². The average Bonchev–Trinajstić information content (AvgIpc) is 3.72. The monoisotopic (exact) mass is 578 g/mol. The number of tetrazole rings is 1. The largest absolute Gasteiger partial charge is 0.442 e. The van der Waals surface area contributed by atoms with E-state index in [1.807, 2.05) is 31.2 Å². The van der Waals surface area contributed by atoms with Crippen molar-refractivity contribution in [3.05, 3.63) is 48.4 Å². The molecule has 42 heavy (non-hydrogen) atoms. The molecule has 0 unspecified atom stereocenters. The number of benzene rings is 1. The Hall–Kier alpha value is -4.92. The van der Waals surface area contributed by atoms with Gasteiger partial charge in [-0.1, -0.05) is 26.3 Å². The number of cyclic esters (lactones) is 1. The highest BCUT2D eigenvalue weighted by atomic mass is 16.7. The Morgan fingerprint density at radius 1 is 1.19 bits per heavy atom. The summed E-state index contributed by atoms with van der Waals surface area (Å²) in [7, 11) is 0. The minimum absolute atomic E-state index is 0.117. The minimum Gasteiger partial charge on any atom is -0.442 e. The Labute approximate surface area is 240 Å². The van der Waals surface area contributed by atoms with Crippen molar-refractivity contribution in [2.75, 3.05) is 18.2 Å². The molecule has 2 aromatic heterocycles. The van der Waals surface area contributed by atoms with Gasteiger partial charge in [-0.3, -0.25) is 14.5 Å².